The fraction of sp³-hybridized carbons (Fsp3) is 1.00. The van der Waals surface area contributed by atoms with Crippen molar-refractivity contribution in [2.75, 3.05) is 21.3 Å². The molecule has 0 aliphatic rings. The molecule has 0 bridgehead atoms. The number of hydrogen-bond acceptors (Lipinski definition) is 4. The second-order valence-electron chi connectivity index (χ2n) is 3.15. The van der Waals surface area contributed by atoms with Crippen LogP contribution in [0.1, 0.15) is 39.0 Å². The van der Waals surface area contributed by atoms with Gasteiger partial charge in [0, 0.05) is 20.6 Å². The molecule has 0 aromatic rings. The van der Waals surface area contributed by atoms with Gasteiger partial charge in [0.2, 0.25) is 0 Å². The maximum atomic E-state index is 5.14. The van der Waals surface area contributed by atoms with Gasteiger partial charge in [-0.25, -0.2) is 4.89 Å². The minimum atomic E-state index is -1.04. The summed E-state index contributed by atoms with van der Waals surface area (Å²) in [5, 5.41) is 0. The molecule has 0 atom stereocenters. The maximum Gasteiger partial charge on any atom is 0.311 e. The molecule has 4 nitrogen and oxygen atoms in total. The van der Waals surface area contributed by atoms with Crippen molar-refractivity contribution in [3.63, 3.8) is 0 Å². The molecular formula is C10H22O4. The largest absolute Gasteiger partial charge is 0.329 e. The Morgan fingerprint density at radius 3 is 2.00 bits per heavy atom. The second-order valence-corrected chi connectivity index (χ2v) is 3.15. The molecule has 86 valence electrons. The van der Waals surface area contributed by atoms with Gasteiger partial charge in [-0.3, -0.25) is 0 Å². The SMILES string of the molecule is CCCCCCC(OC)(OC)OOC. The Hall–Kier alpha value is -0.160. The summed E-state index contributed by atoms with van der Waals surface area (Å²) in [6.07, 6.45) is 5.25. The molecular weight excluding hydrogens is 184 g/mol. The van der Waals surface area contributed by atoms with Crippen LogP contribution in [0, 0.1) is 0 Å². The van der Waals surface area contributed by atoms with Gasteiger partial charge < -0.3 is 9.47 Å². The minimum absolute atomic E-state index is 0.674. The lowest BCUT2D eigenvalue weighted by Gasteiger charge is -2.27. The van der Waals surface area contributed by atoms with Crippen molar-refractivity contribution in [1.29, 1.82) is 0 Å². The molecule has 14 heavy (non-hydrogen) atoms. The molecule has 0 aromatic heterocycles. The first-order chi connectivity index (χ1) is 6.74. The highest BCUT2D eigenvalue weighted by Crippen LogP contribution is 2.21. The normalized spacial score (nSPS) is 12.0. The molecule has 0 rings (SSSR count). The summed E-state index contributed by atoms with van der Waals surface area (Å²) in [4.78, 5) is 9.56. The molecule has 0 spiro atoms. The molecule has 0 aromatic carbocycles. The molecule has 0 saturated heterocycles. The van der Waals surface area contributed by atoms with Gasteiger partial charge in [-0.1, -0.05) is 26.2 Å². The summed E-state index contributed by atoms with van der Waals surface area (Å²) in [5.74, 6) is -1.04. The summed E-state index contributed by atoms with van der Waals surface area (Å²) >= 11 is 0. The van der Waals surface area contributed by atoms with Gasteiger partial charge in [-0.2, -0.15) is 4.89 Å². The predicted molar refractivity (Wildman–Crippen MR) is 53.6 cm³/mol. The Balaban J connectivity index is 3.82. The van der Waals surface area contributed by atoms with Crippen LogP contribution in [0.5, 0.6) is 0 Å². The van der Waals surface area contributed by atoms with Crippen molar-refractivity contribution < 1.29 is 19.2 Å². The lowest BCUT2D eigenvalue weighted by atomic mass is 10.1. The lowest BCUT2D eigenvalue weighted by Crippen LogP contribution is -2.36. The average molecular weight is 206 g/mol. The molecule has 0 radical (unpaired) electrons. The highest BCUT2D eigenvalue weighted by Gasteiger charge is 2.31. The van der Waals surface area contributed by atoms with E-state index in [1.807, 2.05) is 0 Å². The van der Waals surface area contributed by atoms with Gasteiger partial charge in [0.25, 0.3) is 0 Å². The lowest BCUT2D eigenvalue weighted by molar-refractivity contribution is -0.492. The molecule has 0 aliphatic carbocycles. The van der Waals surface area contributed by atoms with Crippen molar-refractivity contribution in [3.05, 3.63) is 0 Å². The number of rotatable bonds is 9. The van der Waals surface area contributed by atoms with E-state index in [0.29, 0.717) is 6.42 Å². The Labute approximate surface area is 86.4 Å². The standard InChI is InChI=1S/C10H22O4/c1-5-6-7-8-9-10(11-2,12-3)14-13-4/h5-9H2,1-4H3. The zero-order valence-electron chi connectivity index (χ0n) is 9.67. The van der Waals surface area contributed by atoms with Gasteiger partial charge in [-0.05, 0) is 6.42 Å². The summed E-state index contributed by atoms with van der Waals surface area (Å²) in [6, 6.07) is 0. The molecule has 0 saturated carbocycles. The van der Waals surface area contributed by atoms with Gasteiger partial charge in [0.1, 0.15) is 0 Å². The summed E-state index contributed by atoms with van der Waals surface area (Å²) < 4.78 is 10.3. The number of hydrogen-bond donors (Lipinski definition) is 0. The summed E-state index contributed by atoms with van der Waals surface area (Å²) in [5.41, 5.74) is 0. The topological polar surface area (TPSA) is 36.9 Å². The fourth-order valence-corrected chi connectivity index (χ4v) is 1.29. The van der Waals surface area contributed by atoms with E-state index in [9.17, 15) is 0 Å². The molecule has 0 amide bonds. The van der Waals surface area contributed by atoms with Crippen molar-refractivity contribution in [2.45, 2.75) is 45.0 Å². The second kappa shape index (κ2) is 8.17. The van der Waals surface area contributed by atoms with E-state index in [1.165, 1.54) is 20.0 Å². The number of methoxy groups -OCH3 is 2. The number of ether oxygens (including phenoxy) is 2. The van der Waals surface area contributed by atoms with Crippen LogP contribution in [0.25, 0.3) is 0 Å². The highest BCUT2D eigenvalue weighted by atomic mass is 17.3. The van der Waals surface area contributed by atoms with Gasteiger partial charge >= 0.3 is 5.97 Å². The first-order valence-corrected chi connectivity index (χ1v) is 5.06. The van der Waals surface area contributed by atoms with Gasteiger partial charge in [-0.15, -0.1) is 0 Å². The van der Waals surface area contributed by atoms with E-state index in [-0.39, 0.29) is 0 Å². The predicted octanol–water partition coefficient (Wildman–Crippen LogP) is 2.48. The fourth-order valence-electron chi connectivity index (χ4n) is 1.29. The van der Waals surface area contributed by atoms with Crippen molar-refractivity contribution in [1.82, 2.24) is 0 Å². The molecule has 0 heterocycles. The minimum Gasteiger partial charge on any atom is -0.329 e. The van der Waals surface area contributed by atoms with E-state index >= 15 is 0 Å². The zero-order chi connectivity index (χ0) is 10.9. The Morgan fingerprint density at radius 1 is 0.929 bits per heavy atom. The molecule has 0 N–H and O–H groups in total. The van der Waals surface area contributed by atoms with E-state index in [2.05, 4.69) is 11.8 Å². The summed E-state index contributed by atoms with van der Waals surface area (Å²) in [6.45, 7) is 2.17. The molecule has 0 aliphatic heterocycles. The Bertz CT molecular complexity index is 123. The van der Waals surface area contributed by atoms with E-state index in [1.54, 1.807) is 14.2 Å². The van der Waals surface area contributed by atoms with Crippen LogP contribution in [0.2, 0.25) is 0 Å². The van der Waals surface area contributed by atoms with Crippen LogP contribution in [0.3, 0.4) is 0 Å². The van der Waals surface area contributed by atoms with E-state index in [0.717, 1.165) is 12.8 Å². The third-order valence-electron chi connectivity index (χ3n) is 2.17. The Morgan fingerprint density at radius 2 is 1.57 bits per heavy atom. The smallest absolute Gasteiger partial charge is 0.311 e. The van der Waals surface area contributed by atoms with Gasteiger partial charge in [0.05, 0.1) is 7.11 Å². The van der Waals surface area contributed by atoms with E-state index < -0.39 is 5.97 Å². The molecule has 0 unspecified atom stereocenters. The Kier molecular flexibility index (Phi) is 8.08. The number of unbranched alkanes of at least 4 members (excludes halogenated alkanes) is 3. The van der Waals surface area contributed by atoms with Crippen LogP contribution < -0.4 is 0 Å². The van der Waals surface area contributed by atoms with E-state index in [4.69, 9.17) is 14.4 Å². The van der Waals surface area contributed by atoms with Crippen LogP contribution >= 0.6 is 0 Å². The first kappa shape index (κ1) is 13.8. The third-order valence-corrected chi connectivity index (χ3v) is 2.17. The van der Waals surface area contributed by atoms with Crippen molar-refractivity contribution in [3.8, 4) is 0 Å². The van der Waals surface area contributed by atoms with Crippen LogP contribution in [0.15, 0.2) is 0 Å². The summed E-state index contributed by atoms with van der Waals surface area (Å²) in [7, 11) is 4.53. The third kappa shape index (κ3) is 4.91. The highest BCUT2D eigenvalue weighted by molar-refractivity contribution is 4.55. The van der Waals surface area contributed by atoms with Crippen LogP contribution in [-0.4, -0.2) is 27.3 Å². The first-order valence-electron chi connectivity index (χ1n) is 5.06. The van der Waals surface area contributed by atoms with Crippen LogP contribution in [0.4, 0.5) is 0 Å². The molecule has 4 heteroatoms. The quantitative estimate of drug-likeness (QED) is 0.251. The maximum absolute atomic E-state index is 5.14. The van der Waals surface area contributed by atoms with Crippen LogP contribution in [-0.2, 0) is 19.2 Å². The monoisotopic (exact) mass is 206 g/mol. The van der Waals surface area contributed by atoms with Crippen molar-refractivity contribution >= 4 is 0 Å². The zero-order valence-corrected chi connectivity index (χ0v) is 9.67. The van der Waals surface area contributed by atoms with Gasteiger partial charge in [0.15, 0.2) is 0 Å². The molecule has 0 fully saturated rings. The average Bonchev–Trinajstić information content (AvgIpc) is 2.23. The van der Waals surface area contributed by atoms with Crippen molar-refractivity contribution in [2.24, 2.45) is 0 Å².